The Labute approximate surface area is 131 Å². The van der Waals surface area contributed by atoms with Crippen molar-refractivity contribution in [2.75, 3.05) is 18.4 Å². The number of aromatic nitrogens is 1. The summed E-state index contributed by atoms with van der Waals surface area (Å²) in [6.45, 7) is 6.56. The molecule has 0 aliphatic carbocycles. The maximum Gasteiger partial charge on any atom is 0.0925 e. The van der Waals surface area contributed by atoms with E-state index in [0.29, 0.717) is 0 Å². The molecule has 1 aromatic carbocycles. The van der Waals surface area contributed by atoms with Crippen molar-refractivity contribution in [1.82, 2.24) is 9.88 Å². The molecule has 3 rings (SSSR count). The fraction of sp³-hybridized carbons (Fsp3) is 0.471. The normalized spacial score (nSPS) is 15.5. The molecule has 0 unspecified atom stereocenters. The smallest absolute Gasteiger partial charge is 0.0925 e. The van der Waals surface area contributed by atoms with E-state index in [-0.39, 0.29) is 0 Å². The SMILES string of the molecule is CCc1ncc(CNc2ccccc2CN2CCCC2)s1. The summed E-state index contributed by atoms with van der Waals surface area (Å²) < 4.78 is 0. The van der Waals surface area contributed by atoms with Crippen LogP contribution < -0.4 is 5.32 Å². The molecule has 0 bridgehead atoms. The summed E-state index contributed by atoms with van der Waals surface area (Å²) in [6.07, 6.45) is 5.71. The Kier molecular flexibility index (Phi) is 4.88. The average molecular weight is 301 g/mol. The number of benzene rings is 1. The van der Waals surface area contributed by atoms with Crippen molar-refractivity contribution in [3.63, 3.8) is 0 Å². The summed E-state index contributed by atoms with van der Waals surface area (Å²) in [4.78, 5) is 8.28. The van der Waals surface area contributed by atoms with Gasteiger partial charge in [-0.25, -0.2) is 4.98 Å². The van der Waals surface area contributed by atoms with Crippen molar-refractivity contribution in [1.29, 1.82) is 0 Å². The maximum absolute atomic E-state index is 4.42. The van der Waals surface area contributed by atoms with E-state index in [9.17, 15) is 0 Å². The van der Waals surface area contributed by atoms with Crippen molar-refractivity contribution >= 4 is 17.0 Å². The fourth-order valence-corrected chi connectivity index (χ4v) is 3.59. The molecule has 1 aliphatic heterocycles. The molecule has 0 saturated carbocycles. The zero-order valence-corrected chi connectivity index (χ0v) is 13.5. The molecular weight excluding hydrogens is 278 g/mol. The lowest BCUT2D eigenvalue weighted by Crippen LogP contribution is -2.19. The molecule has 0 atom stereocenters. The van der Waals surface area contributed by atoms with E-state index in [0.717, 1.165) is 19.5 Å². The highest BCUT2D eigenvalue weighted by atomic mass is 32.1. The number of anilines is 1. The van der Waals surface area contributed by atoms with Gasteiger partial charge in [-0.2, -0.15) is 0 Å². The van der Waals surface area contributed by atoms with E-state index in [1.54, 1.807) is 11.3 Å². The van der Waals surface area contributed by atoms with Crippen LogP contribution in [0.15, 0.2) is 30.5 Å². The van der Waals surface area contributed by atoms with Gasteiger partial charge in [-0.3, -0.25) is 4.90 Å². The molecule has 1 aliphatic rings. The minimum absolute atomic E-state index is 0.870. The van der Waals surface area contributed by atoms with Gasteiger partial charge in [-0.05, 0) is 44.0 Å². The van der Waals surface area contributed by atoms with Gasteiger partial charge >= 0.3 is 0 Å². The van der Waals surface area contributed by atoms with Crippen molar-refractivity contribution in [3.8, 4) is 0 Å². The van der Waals surface area contributed by atoms with E-state index in [1.165, 1.54) is 47.1 Å². The van der Waals surface area contributed by atoms with Gasteiger partial charge in [0.1, 0.15) is 0 Å². The molecule has 0 radical (unpaired) electrons. The summed E-state index contributed by atoms with van der Waals surface area (Å²) in [6, 6.07) is 8.68. The lowest BCUT2D eigenvalue weighted by Gasteiger charge is -2.18. The fourth-order valence-electron chi connectivity index (χ4n) is 2.79. The van der Waals surface area contributed by atoms with Crippen LogP contribution in [-0.4, -0.2) is 23.0 Å². The number of hydrogen-bond donors (Lipinski definition) is 1. The first-order valence-corrected chi connectivity index (χ1v) is 8.64. The van der Waals surface area contributed by atoms with Gasteiger partial charge in [0, 0.05) is 23.3 Å². The van der Waals surface area contributed by atoms with Gasteiger partial charge in [-0.1, -0.05) is 25.1 Å². The Morgan fingerprint density at radius 2 is 2.05 bits per heavy atom. The van der Waals surface area contributed by atoms with Crippen LogP contribution in [0.1, 0.15) is 35.2 Å². The topological polar surface area (TPSA) is 28.2 Å². The maximum atomic E-state index is 4.42. The predicted molar refractivity (Wildman–Crippen MR) is 89.8 cm³/mol. The van der Waals surface area contributed by atoms with Crippen LogP contribution in [0.5, 0.6) is 0 Å². The molecule has 2 heterocycles. The van der Waals surface area contributed by atoms with E-state index >= 15 is 0 Å². The molecule has 1 N–H and O–H groups in total. The molecule has 4 heteroatoms. The molecule has 3 nitrogen and oxygen atoms in total. The molecule has 1 saturated heterocycles. The highest BCUT2D eigenvalue weighted by molar-refractivity contribution is 7.11. The largest absolute Gasteiger partial charge is 0.380 e. The molecule has 0 amide bonds. The van der Waals surface area contributed by atoms with Crippen LogP contribution in [0.2, 0.25) is 0 Å². The molecule has 112 valence electrons. The Bertz CT molecular complexity index is 573. The first-order chi connectivity index (χ1) is 10.3. The quantitative estimate of drug-likeness (QED) is 0.876. The minimum atomic E-state index is 0.870. The molecule has 1 fully saturated rings. The number of rotatable bonds is 6. The van der Waals surface area contributed by atoms with Gasteiger partial charge in [0.25, 0.3) is 0 Å². The molecule has 1 aromatic heterocycles. The summed E-state index contributed by atoms with van der Waals surface area (Å²) in [7, 11) is 0. The zero-order valence-electron chi connectivity index (χ0n) is 12.6. The number of nitrogens with zero attached hydrogens (tertiary/aromatic N) is 2. The second kappa shape index (κ2) is 7.05. The third-order valence-electron chi connectivity index (χ3n) is 3.97. The second-order valence-corrected chi connectivity index (χ2v) is 6.77. The second-order valence-electron chi connectivity index (χ2n) is 5.57. The number of thiazole rings is 1. The Balaban J connectivity index is 1.64. The van der Waals surface area contributed by atoms with E-state index in [4.69, 9.17) is 0 Å². The van der Waals surface area contributed by atoms with E-state index in [2.05, 4.69) is 46.4 Å². The van der Waals surface area contributed by atoms with Crippen molar-refractivity contribution in [2.24, 2.45) is 0 Å². The highest BCUT2D eigenvalue weighted by Crippen LogP contribution is 2.21. The van der Waals surface area contributed by atoms with E-state index in [1.807, 2.05) is 6.20 Å². The Hall–Kier alpha value is -1.39. The summed E-state index contributed by atoms with van der Waals surface area (Å²) >= 11 is 1.81. The highest BCUT2D eigenvalue weighted by Gasteiger charge is 2.13. The summed E-state index contributed by atoms with van der Waals surface area (Å²) in [5.41, 5.74) is 2.66. The predicted octanol–water partition coefficient (Wildman–Crippen LogP) is 3.91. The van der Waals surface area contributed by atoms with Gasteiger partial charge in [0.05, 0.1) is 11.6 Å². The number of likely N-dealkylation sites (tertiary alicyclic amines) is 1. The molecule has 21 heavy (non-hydrogen) atoms. The van der Waals surface area contributed by atoms with Gasteiger partial charge < -0.3 is 5.32 Å². The first-order valence-electron chi connectivity index (χ1n) is 7.83. The van der Waals surface area contributed by atoms with Crippen LogP contribution >= 0.6 is 11.3 Å². The van der Waals surface area contributed by atoms with Crippen LogP contribution in [0.4, 0.5) is 5.69 Å². The lowest BCUT2D eigenvalue weighted by molar-refractivity contribution is 0.332. The number of para-hydroxylation sites is 1. The van der Waals surface area contributed by atoms with Crippen molar-refractivity contribution in [3.05, 3.63) is 45.9 Å². The third kappa shape index (κ3) is 3.83. The minimum Gasteiger partial charge on any atom is -0.380 e. The van der Waals surface area contributed by atoms with Crippen molar-refractivity contribution in [2.45, 2.75) is 39.3 Å². The van der Waals surface area contributed by atoms with Crippen LogP contribution in [-0.2, 0) is 19.5 Å². The zero-order chi connectivity index (χ0) is 14.5. The number of aryl methyl sites for hydroxylation is 1. The van der Waals surface area contributed by atoms with Crippen molar-refractivity contribution < 1.29 is 0 Å². The first kappa shape index (κ1) is 14.5. The Morgan fingerprint density at radius 1 is 1.24 bits per heavy atom. The molecule has 2 aromatic rings. The van der Waals surface area contributed by atoms with Crippen LogP contribution in [0, 0.1) is 0 Å². The standard InChI is InChI=1S/C17H23N3S/c1-2-17-19-12-15(21-17)11-18-16-8-4-3-7-14(16)13-20-9-5-6-10-20/h3-4,7-8,12,18H,2,5-6,9-11,13H2,1H3. The molecule has 0 spiro atoms. The lowest BCUT2D eigenvalue weighted by atomic mass is 10.1. The molecular formula is C17H23N3S. The summed E-state index contributed by atoms with van der Waals surface area (Å²) in [5, 5.41) is 4.80. The number of nitrogens with one attached hydrogen (secondary N) is 1. The monoisotopic (exact) mass is 301 g/mol. The average Bonchev–Trinajstić information content (AvgIpc) is 3.17. The van der Waals surface area contributed by atoms with E-state index < -0.39 is 0 Å². The van der Waals surface area contributed by atoms with Gasteiger partial charge in [-0.15, -0.1) is 11.3 Å². The summed E-state index contributed by atoms with van der Waals surface area (Å²) in [5.74, 6) is 0. The van der Waals surface area contributed by atoms with Gasteiger partial charge in [0.15, 0.2) is 0 Å². The van der Waals surface area contributed by atoms with Crippen LogP contribution in [0.25, 0.3) is 0 Å². The number of hydrogen-bond acceptors (Lipinski definition) is 4. The third-order valence-corrected chi connectivity index (χ3v) is 5.11. The van der Waals surface area contributed by atoms with Gasteiger partial charge in [0.2, 0.25) is 0 Å². The van der Waals surface area contributed by atoms with Crippen LogP contribution in [0.3, 0.4) is 0 Å². The Morgan fingerprint density at radius 3 is 2.81 bits per heavy atom.